The molecule has 0 aliphatic carbocycles. The maximum absolute atomic E-state index is 12.4. The minimum atomic E-state index is -1.12. The van der Waals surface area contributed by atoms with Crippen LogP contribution in [0.1, 0.15) is 40.0 Å². The molecule has 0 spiro atoms. The number of nitrogens with zero attached hydrogens (tertiary/aromatic N) is 1. The molecule has 1 aliphatic heterocycles. The number of rotatable bonds is 4. The quantitative estimate of drug-likeness (QED) is 0.640. The number of carbonyl (C=O) groups excluding carboxylic acids is 1. The number of methoxy groups -OCH3 is 1. The first-order valence-corrected chi connectivity index (χ1v) is 7.40. The zero-order valence-corrected chi connectivity index (χ0v) is 13.4. The van der Waals surface area contributed by atoms with E-state index in [2.05, 4.69) is 0 Å². The molecular weight excluding hydrogens is 282 g/mol. The van der Waals surface area contributed by atoms with Crippen LogP contribution in [0.5, 0.6) is 0 Å². The van der Waals surface area contributed by atoms with Crippen LogP contribution in [-0.4, -0.2) is 47.1 Å². The van der Waals surface area contributed by atoms with Crippen molar-refractivity contribution in [1.29, 1.82) is 0 Å². The number of alkyl halides is 1. The fraction of sp³-hybridized carbons (Fsp3) is 0.857. The highest BCUT2D eigenvalue weighted by molar-refractivity contribution is 6.17. The van der Waals surface area contributed by atoms with Crippen molar-refractivity contribution in [3.63, 3.8) is 0 Å². The molecule has 2 atom stereocenters. The number of ether oxygens (including phenoxy) is 1. The lowest BCUT2D eigenvalue weighted by Crippen LogP contribution is -2.59. The van der Waals surface area contributed by atoms with Crippen molar-refractivity contribution in [3.05, 3.63) is 0 Å². The van der Waals surface area contributed by atoms with Crippen LogP contribution in [0.25, 0.3) is 0 Å². The summed E-state index contributed by atoms with van der Waals surface area (Å²) in [5.41, 5.74) is -1.31. The van der Waals surface area contributed by atoms with Gasteiger partial charge < -0.3 is 9.84 Å². The number of likely N-dealkylation sites (tertiary alicyclic amines) is 1. The summed E-state index contributed by atoms with van der Waals surface area (Å²) < 4.78 is 4.95. The van der Waals surface area contributed by atoms with Crippen LogP contribution < -0.4 is 0 Å². The number of amides is 1. The largest absolute Gasteiger partial charge is 0.467 e. The van der Waals surface area contributed by atoms with E-state index in [1.54, 1.807) is 0 Å². The second-order valence-electron chi connectivity index (χ2n) is 6.35. The molecule has 5 nitrogen and oxygen atoms in total. The standard InChI is InChI=1S/C14H24ClNO4/c1-13(2,3)10-6-9-16(12(18)19)14(10,7-5-8-15)11(17)20-4/h10H,5-9H2,1-4H3,(H,18,19). The van der Waals surface area contributed by atoms with E-state index in [9.17, 15) is 14.7 Å². The fourth-order valence-electron chi connectivity index (χ4n) is 3.48. The molecule has 0 aromatic carbocycles. The molecular formula is C14H24ClNO4. The molecule has 6 heteroatoms. The maximum Gasteiger partial charge on any atom is 0.408 e. The van der Waals surface area contributed by atoms with Crippen LogP contribution in [0.15, 0.2) is 0 Å². The Balaban J connectivity index is 3.32. The summed E-state index contributed by atoms with van der Waals surface area (Å²) in [5.74, 6) is -0.160. The molecule has 1 heterocycles. The molecule has 0 bridgehead atoms. The fourth-order valence-corrected chi connectivity index (χ4v) is 3.61. The van der Waals surface area contributed by atoms with E-state index in [4.69, 9.17) is 16.3 Å². The highest BCUT2D eigenvalue weighted by atomic mass is 35.5. The highest BCUT2D eigenvalue weighted by Gasteiger charge is 2.59. The van der Waals surface area contributed by atoms with Crippen LogP contribution in [0.4, 0.5) is 4.79 Å². The number of esters is 1. The summed E-state index contributed by atoms with van der Waals surface area (Å²) >= 11 is 5.76. The molecule has 1 rings (SSSR count). The lowest BCUT2D eigenvalue weighted by molar-refractivity contribution is -0.158. The van der Waals surface area contributed by atoms with Crippen molar-refractivity contribution < 1.29 is 19.4 Å². The van der Waals surface area contributed by atoms with Gasteiger partial charge in [-0.25, -0.2) is 9.59 Å². The van der Waals surface area contributed by atoms with Gasteiger partial charge in [-0.3, -0.25) is 4.90 Å². The van der Waals surface area contributed by atoms with Crippen LogP contribution in [0.3, 0.4) is 0 Å². The highest BCUT2D eigenvalue weighted by Crippen LogP contribution is 2.48. The molecule has 0 saturated carbocycles. The molecule has 1 fully saturated rings. The first-order valence-electron chi connectivity index (χ1n) is 6.86. The second kappa shape index (κ2) is 6.20. The van der Waals surface area contributed by atoms with Crippen molar-refractivity contribution in [2.45, 2.75) is 45.6 Å². The number of carbonyl (C=O) groups is 2. The van der Waals surface area contributed by atoms with Gasteiger partial charge in [0, 0.05) is 12.4 Å². The average Bonchev–Trinajstić information content (AvgIpc) is 2.75. The molecule has 1 amide bonds. The average molecular weight is 306 g/mol. The van der Waals surface area contributed by atoms with Crippen LogP contribution in [0, 0.1) is 11.3 Å². The smallest absolute Gasteiger partial charge is 0.408 e. The molecule has 20 heavy (non-hydrogen) atoms. The predicted molar refractivity (Wildman–Crippen MR) is 77.0 cm³/mol. The van der Waals surface area contributed by atoms with Crippen LogP contribution in [-0.2, 0) is 9.53 Å². The maximum atomic E-state index is 12.4. The number of carboxylic acid groups (broad SMARTS) is 1. The van der Waals surface area contributed by atoms with E-state index in [1.165, 1.54) is 12.0 Å². The van der Waals surface area contributed by atoms with E-state index in [0.29, 0.717) is 31.7 Å². The molecule has 0 radical (unpaired) electrons. The second-order valence-corrected chi connectivity index (χ2v) is 6.73. The van der Waals surface area contributed by atoms with Gasteiger partial charge in [0.15, 0.2) is 0 Å². The van der Waals surface area contributed by atoms with E-state index in [-0.39, 0.29) is 11.3 Å². The Hall–Kier alpha value is -0.970. The minimum absolute atomic E-state index is 0.0817. The number of halogens is 1. The van der Waals surface area contributed by atoms with E-state index >= 15 is 0 Å². The summed E-state index contributed by atoms with van der Waals surface area (Å²) in [4.78, 5) is 25.3. The first kappa shape index (κ1) is 17.1. The first-order chi connectivity index (χ1) is 9.21. The van der Waals surface area contributed by atoms with Crippen molar-refractivity contribution in [2.75, 3.05) is 19.5 Å². The Labute approximate surface area is 125 Å². The Morgan fingerprint density at radius 2 is 2.05 bits per heavy atom. The Bertz CT molecular complexity index is 380. The van der Waals surface area contributed by atoms with Gasteiger partial charge in [-0.1, -0.05) is 20.8 Å². The predicted octanol–water partition coefficient (Wildman–Crippen LogP) is 2.96. The van der Waals surface area contributed by atoms with Crippen molar-refractivity contribution in [3.8, 4) is 0 Å². The minimum Gasteiger partial charge on any atom is -0.467 e. The summed E-state index contributed by atoms with van der Waals surface area (Å²) in [6.45, 7) is 6.44. The molecule has 116 valence electrons. The monoisotopic (exact) mass is 305 g/mol. The van der Waals surface area contributed by atoms with Gasteiger partial charge >= 0.3 is 12.1 Å². The summed E-state index contributed by atoms with van der Waals surface area (Å²) in [6.07, 6.45) is 0.564. The lowest BCUT2D eigenvalue weighted by Gasteiger charge is -2.43. The normalized spacial score (nSPS) is 26.6. The van der Waals surface area contributed by atoms with Gasteiger partial charge in [0.2, 0.25) is 0 Å². The van der Waals surface area contributed by atoms with Crippen molar-refractivity contribution in [2.24, 2.45) is 11.3 Å². The zero-order chi connectivity index (χ0) is 15.6. The Morgan fingerprint density at radius 1 is 1.45 bits per heavy atom. The van der Waals surface area contributed by atoms with Crippen molar-refractivity contribution in [1.82, 2.24) is 4.90 Å². The van der Waals surface area contributed by atoms with Crippen molar-refractivity contribution >= 4 is 23.7 Å². The summed E-state index contributed by atoms with van der Waals surface area (Å²) in [7, 11) is 1.31. The molecule has 2 unspecified atom stereocenters. The van der Waals surface area contributed by atoms with Crippen LogP contribution >= 0.6 is 11.6 Å². The van der Waals surface area contributed by atoms with Gasteiger partial charge in [0.1, 0.15) is 5.54 Å². The van der Waals surface area contributed by atoms with Gasteiger partial charge in [-0.05, 0) is 30.6 Å². The van der Waals surface area contributed by atoms with Gasteiger partial charge in [-0.15, -0.1) is 11.6 Å². The van der Waals surface area contributed by atoms with Crippen LogP contribution in [0.2, 0.25) is 0 Å². The topological polar surface area (TPSA) is 66.8 Å². The molecule has 1 aliphatic rings. The van der Waals surface area contributed by atoms with E-state index in [1.807, 2.05) is 20.8 Å². The molecule has 1 N–H and O–H groups in total. The zero-order valence-electron chi connectivity index (χ0n) is 12.6. The third-order valence-electron chi connectivity index (χ3n) is 4.21. The van der Waals surface area contributed by atoms with E-state index in [0.717, 1.165) is 0 Å². The number of hydrogen-bond donors (Lipinski definition) is 1. The lowest BCUT2D eigenvalue weighted by atomic mass is 9.67. The number of hydrogen-bond acceptors (Lipinski definition) is 3. The summed E-state index contributed by atoms with van der Waals surface area (Å²) in [5, 5.41) is 9.46. The summed E-state index contributed by atoms with van der Waals surface area (Å²) in [6, 6.07) is 0. The third-order valence-corrected chi connectivity index (χ3v) is 4.47. The third kappa shape index (κ3) is 2.87. The molecule has 0 aromatic heterocycles. The van der Waals surface area contributed by atoms with Gasteiger partial charge in [-0.2, -0.15) is 0 Å². The SMILES string of the molecule is COC(=O)C1(CCCCl)C(C(C)(C)C)CCN1C(=O)O. The Kier molecular flexibility index (Phi) is 5.30. The van der Waals surface area contributed by atoms with Gasteiger partial charge in [0.05, 0.1) is 7.11 Å². The molecule has 1 saturated heterocycles. The van der Waals surface area contributed by atoms with Gasteiger partial charge in [0.25, 0.3) is 0 Å². The Morgan fingerprint density at radius 3 is 2.45 bits per heavy atom. The molecule has 0 aromatic rings. The van der Waals surface area contributed by atoms with E-state index < -0.39 is 17.6 Å².